The number of H-pyrrole nitrogens is 1. The second-order valence-corrected chi connectivity index (χ2v) is 5.61. The van der Waals surface area contributed by atoms with Crippen LogP contribution in [0.25, 0.3) is 11.0 Å². The van der Waals surface area contributed by atoms with Crippen molar-refractivity contribution >= 4 is 22.5 Å². The van der Waals surface area contributed by atoms with Crippen LogP contribution in [0.2, 0.25) is 0 Å². The zero-order chi connectivity index (χ0) is 15.6. The van der Waals surface area contributed by atoms with Crippen molar-refractivity contribution in [3.63, 3.8) is 0 Å². The molecule has 0 spiro atoms. The maximum atomic E-state index is 5.22. The van der Waals surface area contributed by atoms with E-state index in [1.54, 1.807) is 13.4 Å². The molecular formula is C17H19N5O. The summed E-state index contributed by atoms with van der Waals surface area (Å²) in [5.41, 5.74) is 2.13. The molecule has 3 aromatic rings. The number of rotatable bonds is 3. The SMILES string of the molecule is COc1ccc(N2CCN(c3ncnc4[nH]ccc34)CC2)cc1. The van der Waals surface area contributed by atoms with Gasteiger partial charge in [0.1, 0.15) is 23.5 Å². The minimum atomic E-state index is 0.892. The van der Waals surface area contributed by atoms with Gasteiger partial charge in [0.15, 0.2) is 0 Å². The summed E-state index contributed by atoms with van der Waals surface area (Å²) in [6.45, 7) is 3.84. The number of aromatic nitrogens is 3. The van der Waals surface area contributed by atoms with E-state index in [9.17, 15) is 0 Å². The molecule has 1 fully saturated rings. The number of nitrogens with zero attached hydrogens (tertiary/aromatic N) is 4. The van der Waals surface area contributed by atoms with Crippen LogP contribution in [0, 0.1) is 0 Å². The summed E-state index contributed by atoms with van der Waals surface area (Å²) in [7, 11) is 1.69. The molecule has 4 rings (SSSR count). The molecule has 0 saturated carbocycles. The lowest BCUT2D eigenvalue weighted by Crippen LogP contribution is -2.46. The van der Waals surface area contributed by atoms with Crippen molar-refractivity contribution in [1.82, 2.24) is 15.0 Å². The second-order valence-electron chi connectivity index (χ2n) is 5.61. The minimum absolute atomic E-state index is 0.892. The molecule has 118 valence electrons. The van der Waals surface area contributed by atoms with Crippen LogP contribution in [0.15, 0.2) is 42.9 Å². The molecule has 1 aliphatic rings. The summed E-state index contributed by atoms with van der Waals surface area (Å²) in [6.07, 6.45) is 3.54. The third-order valence-electron chi connectivity index (χ3n) is 4.35. The van der Waals surface area contributed by atoms with Crippen molar-refractivity contribution in [2.75, 3.05) is 43.1 Å². The van der Waals surface area contributed by atoms with E-state index in [2.05, 4.69) is 36.9 Å². The molecule has 1 N–H and O–H groups in total. The minimum Gasteiger partial charge on any atom is -0.497 e. The normalized spacial score (nSPS) is 15.2. The van der Waals surface area contributed by atoms with Crippen LogP contribution in [0.1, 0.15) is 0 Å². The lowest BCUT2D eigenvalue weighted by atomic mass is 10.2. The van der Waals surface area contributed by atoms with Gasteiger partial charge in [0, 0.05) is 38.1 Å². The molecule has 0 aliphatic carbocycles. The molecule has 1 aromatic carbocycles. The smallest absolute Gasteiger partial charge is 0.142 e. The van der Waals surface area contributed by atoms with Crippen molar-refractivity contribution in [3.05, 3.63) is 42.9 Å². The summed E-state index contributed by atoms with van der Waals surface area (Å²) in [5.74, 6) is 1.91. The van der Waals surface area contributed by atoms with Gasteiger partial charge in [-0.15, -0.1) is 0 Å². The molecule has 0 radical (unpaired) electrons. The standard InChI is InChI=1S/C17H19N5O/c1-23-14-4-2-13(3-5-14)21-8-10-22(11-9-21)17-15-6-7-18-16(15)19-12-20-17/h2-7,12H,8-11H2,1H3,(H,18,19,20). The van der Waals surface area contributed by atoms with Crippen molar-refractivity contribution in [2.24, 2.45) is 0 Å². The van der Waals surface area contributed by atoms with Crippen LogP contribution < -0.4 is 14.5 Å². The first-order valence-electron chi connectivity index (χ1n) is 7.77. The lowest BCUT2D eigenvalue weighted by molar-refractivity contribution is 0.415. The fraction of sp³-hybridized carbons (Fsp3) is 0.294. The summed E-state index contributed by atoms with van der Waals surface area (Å²) < 4.78 is 5.22. The number of nitrogens with one attached hydrogen (secondary N) is 1. The predicted octanol–water partition coefficient (Wildman–Crippen LogP) is 2.29. The third kappa shape index (κ3) is 2.56. The first-order chi connectivity index (χ1) is 11.3. The zero-order valence-electron chi connectivity index (χ0n) is 13.1. The van der Waals surface area contributed by atoms with Crippen molar-refractivity contribution in [3.8, 4) is 5.75 Å². The Kier molecular flexibility index (Phi) is 3.49. The van der Waals surface area contributed by atoms with Crippen molar-refractivity contribution in [1.29, 1.82) is 0 Å². The molecule has 23 heavy (non-hydrogen) atoms. The Bertz CT molecular complexity index is 790. The van der Waals surface area contributed by atoms with Crippen LogP contribution in [-0.4, -0.2) is 48.2 Å². The van der Waals surface area contributed by atoms with Gasteiger partial charge in [-0.2, -0.15) is 0 Å². The van der Waals surface area contributed by atoms with Gasteiger partial charge in [-0.05, 0) is 30.3 Å². The zero-order valence-corrected chi connectivity index (χ0v) is 13.1. The molecule has 2 aromatic heterocycles. The van der Waals surface area contributed by atoms with Crippen LogP contribution in [0.5, 0.6) is 5.75 Å². The number of anilines is 2. The van der Waals surface area contributed by atoms with Gasteiger partial charge in [-0.3, -0.25) is 0 Å². The van der Waals surface area contributed by atoms with E-state index in [-0.39, 0.29) is 0 Å². The average Bonchev–Trinajstić information content (AvgIpc) is 3.11. The van der Waals surface area contributed by atoms with Crippen LogP contribution >= 0.6 is 0 Å². The van der Waals surface area contributed by atoms with Gasteiger partial charge in [-0.25, -0.2) is 9.97 Å². The Hall–Kier alpha value is -2.76. The number of methoxy groups -OCH3 is 1. The highest BCUT2D eigenvalue weighted by Gasteiger charge is 2.20. The van der Waals surface area contributed by atoms with Crippen LogP contribution in [0.4, 0.5) is 11.5 Å². The first kappa shape index (κ1) is 13.9. The highest BCUT2D eigenvalue weighted by atomic mass is 16.5. The molecule has 0 amide bonds. The van der Waals surface area contributed by atoms with E-state index in [1.165, 1.54) is 5.69 Å². The molecule has 0 bridgehead atoms. The Labute approximate surface area is 134 Å². The molecule has 0 unspecified atom stereocenters. The molecule has 3 heterocycles. The molecule has 6 nitrogen and oxygen atoms in total. The van der Waals surface area contributed by atoms with Crippen LogP contribution in [0.3, 0.4) is 0 Å². The van der Waals surface area contributed by atoms with E-state index in [0.717, 1.165) is 48.8 Å². The molecule has 1 aliphatic heterocycles. The van der Waals surface area contributed by atoms with Gasteiger partial charge in [0.05, 0.1) is 12.5 Å². The van der Waals surface area contributed by atoms with Gasteiger partial charge < -0.3 is 19.5 Å². The van der Waals surface area contributed by atoms with Gasteiger partial charge in [0.2, 0.25) is 0 Å². The maximum absolute atomic E-state index is 5.22. The highest BCUT2D eigenvalue weighted by Crippen LogP contribution is 2.25. The molecule has 6 heteroatoms. The number of piperazine rings is 1. The predicted molar refractivity (Wildman–Crippen MR) is 91.3 cm³/mol. The number of hydrogen-bond acceptors (Lipinski definition) is 5. The quantitative estimate of drug-likeness (QED) is 0.804. The van der Waals surface area contributed by atoms with E-state index in [4.69, 9.17) is 4.74 Å². The summed E-state index contributed by atoms with van der Waals surface area (Å²) in [5, 5.41) is 1.09. The molecule has 0 atom stereocenters. The number of aromatic amines is 1. The maximum Gasteiger partial charge on any atom is 0.142 e. The Balaban J connectivity index is 1.49. The number of ether oxygens (including phenoxy) is 1. The van der Waals surface area contributed by atoms with E-state index >= 15 is 0 Å². The fourth-order valence-electron chi connectivity index (χ4n) is 3.08. The number of fused-ring (bicyclic) bond motifs is 1. The largest absolute Gasteiger partial charge is 0.497 e. The first-order valence-corrected chi connectivity index (χ1v) is 7.77. The van der Waals surface area contributed by atoms with Crippen LogP contribution in [-0.2, 0) is 0 Å². The fourth-order valence-corrected chi connectivity index (χ4v) is 3.08. The van der Waals surface area contributed by atoms with E-state index < -0.39 is 0 Å². The monoisotopic (exact) mass is 309 g/mol. The Morgan fingerprint density at radius 3 is 2.43 bits per heavy atom. The molecule has 1 saturated heterocycles. The summed E-state index contributed by atoms with van der Waals surface area (Å²) in [4.78, 5) is 16.6. The number of benzene rings is 1. The third-order valence-corrected chi connectivity index (χ3v) is 4.35. The topological polar surface area (TPSA) is 57.3 Å². The van der Waals surface area contributed by atoms with E-state index in [1.807, 2.05) is 24.4 Å². The van der Waals surface area contributed by atoms with Crippen molar-refractivity contribution in [2.45, 2.75) is 0 Å². The van der Waals surface area contributed by atoms with Gasteiger partial charge in [-0.1, -0.05) is 0 Å². The summed E-state index contributed by atoms with van der Waals surface area (Å²) >= 11 is 0. The second kappa shape index (κ2) is 5.79. The summed E-state index contributed by atoms with van der Waals surface area (Å²) in [6, 6.07) is 10.3. The Morgan fingerprint density at radius 1 is 0.957 bits per heavy atom. The number of hydrogen-bond donors (Lipinski definition) is 1. The highest BCUT2D eigenvalue weighted by molar-refractivity contribution is 5.87. The van der Waals surface area contributed by atoms with E-state index in [0.29, 0.717) is 0 Å². The van der Waals surface area contributed by atoms with Gasteiger partial charge >= 0.3 is 0 Å². The lowest BCUT2D eigenvalue weighted by Gasteiger charge is -2.36. The van der Waals surface area contributed by atoms with Gasteiger partial charge in [0.25, 0.3) is 0 Å². The average molecular weight is 309 g/mol. The molecular weight excluding hydrogens is 290 g/mol. The Morgan fingerprint density at radius 2 is 1.70 bits per heavy atom. The van der Waals surface area contributed by atoms with Crippen molar-refractivity contribution < 1.29 is 4.74 Å².